The van der Waals surface area contributed by atoms with Crippen LogP contribution in [-0.2, 0) is 13.1 Å². The van der Waals surface area contributed by atoms with Crippen molar-refractivity contribution in [2.75, 3.05) is 5.32 Å². The molecule has 1 heterocycles. The molecule has 27 heavy (non-hydrogen) atoms. The zero-order valence-corrected chi connectivity index (χ0v) is 16.8. The van der Waals surface area contributed by atoms with Crippen LogP contribution in [-0.4, -0.2) is 27.0 Å². The summed E-state index contributed by atoms with van der Waals surface area (Å²) in [6.45, 7) is 5.78. The monoisotopic (exact) mass is 400 g/mol. The topological polar surface area (TPSA) is 58.1 Å². The Bertz CT molecular complexity index is 881. The molecule has 0 saturated carbocycles. The number of hydrogen-bond acceptors (Lipinski definition) is 5. The fourth-order valence-corrected chi connectivity index (χ4v) is 3.43. The van der Waals surface area contributed by atoms with E-state index in [0.29, 0.717) is 28.3 Å². The second-order valence-electron chi connectivity index (χ2n) is 6.45. The quantitative estimate of drug-likeness (QED) is 0.615. The lowest BCUT2D eigenvalue weighted by molar-refractivity contribution is 0.102. The molecule has 2 aromatic carbocycles. The first-order chi connectivity index (χ1) is 13.0. The summed E-state index contributed by atoms with van der Waals surface area (Å²) in [7, 11) is 0. The molecule has 0 spiro atoms. The molecule has 0 atom stereocenters. The third-order valence-electron chi connectivity index (χ3n) is 4.06. The Kier molecular flexibility index (Phi) is 6.55. The normalized spacial score (nSPS) is 11.1. The predicted molar refractivity (Wildman–Crippen MR) is 110 cm³/mol. The van der Waals surface area contributed by atoms with Crippen molar-refractivity contribution in [1.82, 2.24) is 15.1 Å². The average molecular weight is 401 g/mol. The van der Waals surface area contributed by atoms with Gasteiger partial charge in [0.1, 0.15) is 5.01 Å². The molecule has 0 fully saturated rings. The SMILES string of the molecule is CC(C)N(Cc1ccccc1)Cc1nnc(C(=O)Nc2ccc(Cl)cc2)s1. The fourth-order valence-electron chi connectivity index (χ4n) is 2.54. The minimum atomic E-state index is -0.264. The van der Waals surface area contributed by atoms with Crippen LogP contribution in [0.4, 0.5) is 5.69 Å². The Morgan fingerprint density at radius 1 is 1.07 bits per heavy atom. The van der Waals surface area contributed by atoms with Gasteiger partial charge in [-0.15, -0.1) is 10.2 Å². The van der Waals surface area contributed by atoms with E-state index < -0.39 is 0 Å². The van der Waals surface area contributed by atoms with Gasteiger partial charge in [-0.1, -0.05) is 53.3 Å². The molecule has 0 unspecified atom stereocenters. The van der Waals surface area contributed by atoms with Gasteiger partial charge in [-0.2, -0.15) is 0 Å². The Hall–Kier alpha value is -2.28. The van der Waals surface area contributed by atoms with Crippen molar-refractivity contribution in [3.8, 4) is 0 Å². The summed E-state index contributed by atoms with van der Waals surface area (Å²) in [5.74, 6) is -0.264. The number of nitrogens with zero attached hydrogens (tertiary/aromatic N) is 3. The fraction of sp³-hybridized carbons (Fsp3) is 0.250. The predicted octanol–water partition coefficient (Wildman–Crippen LogP) is 4.85. The highest BCUT2D eigenvalue weighted by atomic mass is 35.5. The summed E-state index contributed by atoms with van der Waals surface area (Å²) >= 11 is 7.18. The zero-order valence-electron chi connectivity index (χ0n) is 15.2. The highest BCUT2D eigenvalue weighted by molar-refractivity contribution is 7.13. The number of carbonyl (C=O) groups is 1. The lowest BCUT2D eigenvalue weighted by Crippen LogP contribution is -2.29. The molecule has 0 aliphatic heterocycles. The van der Waals surface area contributed by atoms with Gasteiger partial charge < -0.3 is 5.32 Å². The van der Waals surface area contributed by atoms with Crippen LogP contribution in [0.25, 0.3) is 0 Å². The molecule has 0 aliphatic carbocycles. The Labute approximate surface area is 168 Å². The molecule has 7 heteroatoms. The van der Waals surface area contributed by atoms with E-state index in [4.69, 9.17) is 11.6 Å². The molecule has 0 radical (unpaired) electrons. The van der Waals surface area contributed by atoms with E-state index in [0.717, 1.165) is 11.6 Å². The van der Waals surface area contributed by atoms with Crippen molar-refractivity contribution >= 4 is 34.5 Å². The van der Waals surface area contributed by atoms with Gasteiger partial charge in [0.25, 0.3) is 5.91 Å². The van der Waals surface area contributed by atoms with Crippen LogP contribution >= 0.6 is 22.9 Å². The summed E-state index contributed by atoms with van der Waals surface area (Å²) < 4.78 is 0. The maximum absolute atomic E-state index is 12.4. The Balaban J connectivity index is 1.64. The van der Waals surface area contributed by atoms with Crippen LogP contribution < -0.4 is 5.32 Å². The molecule has 1 amide bonds. The maximum Gasteiger partial charge on any atom is 0.286 e. The van der Waals surface area contributed by atoms with E-state index in [1.165, 1.54) is 16.9 Å². The van der Waals surface area contributed by atoms with Gasteiger partial charge in [0.15, 0.2) is 0 Å². The van der Waals surface area contributed by atoms with E-state index in [2.05, 4.69) is 46.4 Å². The molecule has 0 bridgehead atoms. The zero-order chi connectivity index (χ0) is 19.2. The Morgan fingerprint density at radius 2 is 1.78 bits per heavy atom. The van der Waals surface area contributed by atoms with Gasteiger partial charge >= 0.3 is 0 Å². The lowest BCUT2D eigenvalue weighted by atomic mass is 10.2. The van der Waals surface area contributed by atoms with Crippen LogP contribution in [0.15, 0.2) is 54.6 Å². The number of hydrogen-bond donors (Lipinski definition) is 1. The first kappa shape index (κ1) is 19.5. The highest BCUT2D eigenvalue weighted by Gasteiger charge is 2.17. The highest BCUT2D eigenvalue weighted by Crippen LogP contribution is 2.19. The van der Waals surface area contributed by atoms with Gasteiger partial charge in [-0.3, -0.25) is 9.69 Å². The van der Waals surface area contributed by atoms with Gasteiger partial charge in [-0.05, 0) is 43.7 Å². The summed E-state index contributed by atoms with van der Waals surface area (Å²) in [5.41, 5.74) is 1.92. The van der Waals surface area contributed by atoms with Gasteiger partial charge in [0.2, 0.25) is 5.01 Å². The van der Waals surface area contributed by atoms with Crippen molar-refractivity contribution < 1.29 is 4.79 Å². The molecule has 140 valence electrons. The molecule has 5 nitrogen and oxygen atoms in total. The molecule has 3 rings (SSSR count). The molecular weight excluding hydrogens is 380 g/mol. The number of anilines is 1. The minimum absolute atomic E-state index is 0.264. The van der Waals surface area contributed by atoms with Crippen LogP contribution in [0, 0.1) is 0 Å². The third-order valence-corrected chi connectivity index (χ3v) is 5.22. The second kappa shape index (κ2) is 9.08. The van der Waals surface area contributed by atoms with Crippen LogP contribution in [0.1, 0.15) is 34.2 Å². The molecule has 0 aliphatic rings. The number of rotatable bonds is 7. The van der Waals surface area contributed by atoms with Crippen molar-refractivity contribution in [3.05, 3.63) is 75.2 Å². The Morgan fingerprint density at radius 3 is 2.44 bits per heavy atom. The van der Waals surface area contributed by atoms with Crippen molar-refractivity contribution in [2.45, 2.75) is 33.0 Å². The van der Waals surface area contributed by atoms with Crippen molar-refractivity contribution in [3.63, 3.8) is 0 Å². The van der Waals surface area contributed by atoms with Crippen LogP contribution in [0.2, 0.25) is 5.02 Å². The van der Waals surface area contributed by atoms with E-state index >= 15 is 0 Å². The number of carbonyl (C=O) groups excluding carboxylic acids is 1. The average Bonchev–Trinajstić information content (AvgIpc) is 3.13. The number of halogens is 1. The smallest absolute Gasteiger partial charge is 0.286 e. The summed E-state index contributed by atoms with van der Waals surface area (Å²) in [5, 5.41) is 12.9. The van der Waals surface area contributed by atoms with E-state index in [-0.39, 0.29) is 5.91 Å². The second-order valence-corrected chi connectivity index (χ2v) is 7.94. The van der Waals surface area contributed by atoms with E-state index in [1.54, 1.807) is 24.3 Å². The molecule has 1 N–H and O–H groups in total. The minimum Gasteiger partial charge on any atom is -0.320 e. The first-order valence-electron chi connectivity index (χ1n) is 8.68. The lowest BCUT2D eigenvalue weighted by Gasteiger charge is -2.25. The molecular formula is C20H21ClN4OS. The van der Waals surface area contributed by atoms with Crippen molar-refractivity contribution in [2.24, 2.45) is 0 Å². The van der Waals surface area contributed by atoms with Gasteiger partial charge in [-0.25, -0.2) is 0 Å². The maximum atomic E-state index is 12.4. The number of amides is 1. The summed E-state index contributed by atoms with van der Waals surface area (Å²) in [6.07, 6.45) is 0. The van der Waals surface area contributed by atoms with Gasteiger partial charge in [0.05, 0.1) is 6.54 Å². The number of aromatic nitrogens is 2. The van der Waals surface area contributed by atoms with Crippen LogP contribution in [0.3, 0.4) is 0 Å². The molecule has 3 aromatic rings. The standard InChI is InChI=1S/C20H21ClN4OS/c1-14(2)25(12-15-6-4-3-5-7-15)13-18-23-24-20(27-18)19(26)22-17-10-8-16(21)9-11-17/h3-11,14H,12-13H2,1-2H3,(H,22,26). The van der Waals surface area contributed by atoms with Crippen molar-refractivity contribution in [1.29, 1.82) is 0 Å². The number of nitrogens with one attached hydrogen (secondary N) is 1. The first-order valence-corrected chi connectivity index (χ1v) is 9.88. The third kappa shape index (κ3) is 5.60. The van der Waals surface area contributed by atoms with Crippen LogP contribution in [0.5, 0.6) is 0 Å². The largest absolute Gasteiger partial charge is 0.320 e. The van der Waals surface area contributed by atoms with Gasteiger partial charge in [0, 0.05) is 23.3 Å². The van der Waals surface area contributed by atoms with E-state index in [9.17, 15) is 4.79 Å². The van der Waals surface area contributed by atoms with E-state index in [1.807, 2.05) is 18.2 Å². The number of benzene rings is 2. The molecule has 0 saturated heterocycles. The summed E-state index contributed by atoms with van der Waals surface area (Å²) in [6, 6.07) is 17.6. The molecule has 1 aromatic heterocycles. The summed E-state index contributed by atoms with van der Waals surface area (Å²) in [4.78, 5) is 14.7.